The van der Waals surface area contributed by atoms with Crippen LogP contribution in [0.2, 0.25) is 5.02 Å². The Bertz CT molecular complexity index is 696. The van der Waals surface area contributed by atoms with Crippen molar-refractivity contribution < 1.29 is 4.79 Å². The fraction of sp³-hybridized carbons (Fsp3) is 0.438. The summed E-state index contributed by atoms with van der Waals surface area (Å²) in [7, 11) is 3.63. The molecule has 0 radical (unpaired) electrons. The highest BCUT2D eigenvalue weighted by Gasteiger charge is 2.26. The Morgan fingerprint density at radius 1 is 1.27 bits per heavy atom. The lowest BCUT2D eigenvalue weighted by molar-refractivity contribution is -0.133. The van der Waals surface area contributed by atoms with Crippen molar-refractivity contribution in [3.05, 3.63) is 29.4 Å². The average Bonchev–Trinajstić information content (AvgIpc) is 2.53. The minimum Gasteiger partial charge on any atom is -0.355 e. The molecule has 5 nitrogen and oxygen atoms in total. The van der Waals surface area contributed by atoms with E-state index in [1.807, 2.05) is 32.3 Å². The number of anilines is 1. The first-order chi connectivity index (χ1) is 10.5. The number of piperidine rings is 1. The van der Waals surface area contributed by atoms with E-state index < -0.39 is 0 Å². The van der Waals surface area contributed by atoms with Crippen molar-refractivity contribution in [3.8, 4) is 0 Å². The molecular formula is C16H19ClN4O. The molecule has 0 bridgehead atoms. The lowest BCUT2D eigenvalue weighted by Gasteiger charge is -2.33. The lowest BCUT2D eigenvalue weighted by Crippen LogP contribution is -2.40. The van der Waals surface area contributed by atoms with E-state index >= 15 is 0 Å². The van der Waals surface area contributed by atoms with E-state index in [4.69, 9.17) is 11.6 Å². The van der Waals surface area contributed by atoms with E-state index in [0.29, 0.717) is 5.02 Å². The molecule has 1 amide bonds. The molecule has 116 valence electrons. The number of aromatic nitrogens is 2. The largest absolute Gasteiger partial charge is 0.355 e. The van der Waals surface area contributed by atoms with Gasteiger partial charge in [0, 0.05) is 38.1 Å². The second kappa shape index (κ2) is 6.08. The number of carbonyl (C=O) groups is 1. The first kappa shape index (κ1) is 15.0. The molecule has 1 aliphatic heterocycles. The number of hydrogen-bond donors (Lipinski definition) is 0. The van der Waals surface area contributed by atoms with Crippen LogP contribution in [0.3, 0.4) is 0 Å². The summed E-state index contributed by atoms with van der Waals surface area (Å²) in [6.07, 6.45) is 3.50. The van der Waals surface area contributed by atoms with Crippen LogP contribution in [0.15, 0.2) is 24.4 Å². The van der Waals surface area contributed by atoms with E-state index in [1.54, 1.807) is 11.1 Å². The van der Waals surface area contributed by atoms with Gasteiger partial charge in [-0.05, 0) is 31.0 Å². The fourth-order valence-electron chi connectivity index (χ4n) is 2.85. The molecule has 0 N–H and O–H groups in total. The Morgan fingerprint density at radius 3 is 2.68 bits per heavy atom. The van der Waals surface area contributed by atoms with Crippen molar-refractivity contribution in [1.82, 2.24) is 14.9 Å². The Labute approximate surface area is 134 Å². The van der Waals surface area contributed by atoms with E-state index in [2.05, 4.69) is 14.9 Å². The third kappa shape index (κ3) is 2.99. The number of nitrogens with zero attached hydrogens (tertiary/aromatic N) is 4. The van der Waals surface area contributed by atoms with E-state index in [0.717, 1.165) is 42.8 Å². The van der Waals surface area contributed by atoms with Crippen molar-refractivity contribution in [2.75, 3.05) is 32.1 Å². The van der Waals surface area contributed by atoms with Crippen LogP contribution < -0.4 is 4.90 Å². The zero-order valence-electron chi connectivity index (χ0n) is 12.8. The molecule has 1 saturated heterocycles. The molecule has 6 heteroatoms. The monoisotopic (exact) mass is 318 g/mol. The van der Waals surface area contributed by atoms with Crippen molar-refractivity contribution in [3.63, 3.8) is 0 Å². The van der Waals surface area contributed by atoms with E-state index in [9.17, 15) is 4.79 Å². The second-order valence-electron chi connectivity index (χ2n) is 5.86. The van der Waals surface area contributed by atoms with Gasteiger partial charge in [0.05, 0.1) is 17.2 Å². The molecule has 3 rings (SSSR count). The Balaban J connectivity index is 1.73. The topological polar surface area (TPSA) is 49.3 Å². The van der Waals surface area contributed by atoms with Crippen LogP contribution in [0.5, 0.6) is 0 Å². The van der Waals surface area contributed by atoms with Crippen LogP contribution in [-0.2, 0) is 4.79 Å². The second-order valence-corrected chi connectivity index (χ2v) is 6.29. The molecule has 0 atom stereocenters. The number of carbonyl (C=O) groups excluding carboxylic acids is 1. The summed E-state index contributed by atoms with van der Waals surface area (Å²) in [6, 6.07) is 5.52. The Morgan fingerprint density at radius 2 is 2.00 bits per heavy atom. The van der Waals surface area contributed by atoms with Gasteiger partial charge in [-0.25, -0.2) is 4.98 Å². The summed E-state index contributed by atoms with van der Waals surface area (Å²) >= 11 is 5.96. The number of rotatable bonds is 2. The van der Waals surface area contributed by atoms with Gasteiger partial charge in [-0.2, -0.15) is 0 Å². The van der Waals surface area contributed by atoms with Crippen molar-refractivity contribution in [1.29, 1.82) is 0 Å². The number of fused-ring (bicyclic) bond motifs is 1. The van der Waals surface area contributed by atoms with Crippen molar-refractivity contribution in [2.45, 2.75) is 12.8 Å². The van der Waals surface area contributed by atoms with E-state index in [1.165, 1.54) is 0 Å². The zero-order chi connectivity index (χ0) is 15.7. The summed E-state index contributed by atoms with van der Waals surface area (Å²) < 4.78 is 0. The van der Waals surface area contributed by atoms with Gasteiger partial charge in [-0.1, -0.05) is 11.6 Å². The molecule has 1 fully saturated rings. The third-order valence-electron chi connectivity index (χ3n) is 4.10. The summed E-state index contributed by atoms with van der Waals surface area (Å²) in [5, 5.41) is 0.664. The predicted octanol–water partition coefficient (Wildman–Crippen LogP) is 2.59. The van der Waals surface area contributed by atoms with Gasteiger partial charge >= 0.3 is 0 Å². The van der Waals surface area contributed by atoms with Crippen LogP contribution >= 0.6 is 11.6 Å². The summed E-state index contributed by atoms with van der Waals surface area (Å²) in [5.41, 5.74) is 1.64. The predicted molar refractivity (Wildman–Crippen MR) is 88.2 cm³/mol. The fourth-order valence-corrected chi connectivity index (χ4v) is 3.01. The molecule has 22 heavy (non-hydrogen) atoms. The quantitative estimate of drug-likeness (QED) is 0.854. The number of hydrogen-bond acceptors (Lipinski definition) is 4. The molecule has 2 heterocycles. The van der Waals surface area contributed by atoms with Gasteiger partial charge in [0.25, 0.3) is 0 Å². The average molecular weight is 319 g/mol. The molecule has 0 aliphatic carbocycles. The standard InChI is InChI=1S/C16H19ClN4O/c1-20(2)16(22)11-5-7-21(8-6-11)15-10-18-14-9-12(17)3-4-13(14)19-15/h3-4,9-11H,5-8H2,1-2H3. The van der Waals surface area contributed by atoms with Crippen LogP contribution in [0.4, 0.5) is 5.82 Å². The smallest absolute Gasteiger partial charge is 0.225 e. The normalized spacial score (nSPS) is 16.0. The van der Waals surface area contributed by atoms with E-state index in [-0.39, 0.29) is 11.8 Å². The molecule has 0 saturated carbocycles. The van der Waals surface area contributed by atoms with Gasteiger partial charge < -0.3 is 9.80 Å². The molecule has 1 aliphatic rings. The molecule has 2 aromatic rings. The highest BCUT2D eigenvalue weighted by atomic mass is 35.5. The molecule has 1 aromatic carbocycles. The molecule has 0 spiro atoms. The highest BCUT2D eigenvalue weighted by Crippen LogP contribution is 2.24. The SMILES string of the molecule is CN(C)C(=O)C1CCN(c2cnc3cc(Cl)ccc3n2)CC1. The zero-order valence-corrected chi connectivity index (χ0v) is 13.5. The maximum Gasteiger partial charge on any atom is 0.225 e. The van der Waals surface area contributed by atoms with Gasteiger partial charge in [-0.15, -0.1) is 0 Å². The van der Waals surface area contributed by atoms with Gasteiger partial charge in [0.1, 0.15) is 5.82 Å². The molecule has 1 aromatic heterocycles. The lowest BCUT2D eigenvalue weighted by atomic mass is 9.95. The van der Waals surface area contributed by atoms with Crippen LogP contribution in [-0.4, -0.2) is 48.0 Å². The van der Waals surface area contributed by atoms with Gasteiger partial charge in [0.15, 0.2) is 0 Å². The summed E-state index contributed by atoms with van der Waals surface area (Å²) in [6.45, 7) is 1.66. The van der Waals surface area contributed by atoms with Crippen molar-refractivity contribution in [2.24, 2.45) is 5.92 Å². The highest BCUT2D eigenvalue weighted by molar-refractivity contribution is 6.31. The Hall–Kier alpha value is -1.88. The van der Waals surface area contributed by atoms with Gasteiger partial charge in [-0.3, -0.25) is 9.78 Å². The maximum absolute atomic E-state index is 12.0. The van der Waals surface area contributed by atoms with Gasteiger partial charge in [0.2, 0.25) is 5.91 Å². The minimum atomic E-state index is 0.124. The third-order valence-corrected chi connectivity index (χ3v) is 4.34. The Kier molecular flexibility index (Phi) is 4.16. The first-order valence-corrected chi connectivity index (χ1v) is 7.81. The molecular weight excluding hydrogens is 300 g/mol. The van der Waals surface area contributed by atoms with Crippen LogP contribution in [0.25, 0.3) is 11.0 Å². The number of amides is 1. The summed E-state index contributed by atoms with van der Waals surface area (Å²) in [4.78, 5) is 25.0. The number of halogens is 1. The summed E-state index contributed by atoms with van der Waals surface area (Å²) in [5.74, 6) is 1.21. The molecule has 0 unspecified atom stereocenters. The van der Waals surface area contributed by atoms with Crippen LogP contribution in [0.1, 0.15) is 12.8 Å². The van der Waals surface area contributed by atoms with Crippen molar-refractivity contribution >= 4 is 34.4 Å². The maximum atomic E-state index is 12.0. The van der Waals surface area contributed by atoms with Crippen LogP contribution in [0, 0.1) is 5.92 Å². The first-order valence-electron chi connectivity index (χ1n) is 7.43. The minimum absolute atomic E-state index is 0.124. The number of benzene rings is 1.